The van der Waals surface area contributed by atoms with Crippen LogP contribution >= 0.6 is 11.6 Å². The number of rotatable bonds is 3. The van der Waals surface area contributed by atoms with E-state index in [1.165, 1.54) is 0 Å². The van der Waals surface area contributed by atoms with Crippen LogP contribution in [0.2, 0.25) is 5.02 Å². The molecule has 0 amide bonds. The summed E-state index contributed by atoms with van der Waals surface area (Å²) in [6.45, 7) is 2.88. The van der Waals surface area contributed by atoms with Crippen LogP contribution in [0.4, 0.5) is 5.69 Å². The van der Waals surface area contributed by atoms with Crippen molar-refractivity contribution in [1.29, 1.82) is 0 Å². The molecular weight excluding hydrogens is 342 g/mol. The number of aromatic nitrogens is 2. The molecule has 1 aliphatic heterocycles. The fraction of sp³-hybridized carbons (Fsp3) is 0.222. The quantitative estimate of drug-likeness (QED) is 0.755. The molecule has 7 heteroatoms. The predicted octanol–water partition coefficient (Wildman–Crippen LogP) is 2.91. The number of nitrogens with zero attached hydrogens (tertiary/aromatic N) is 1. The first-order valence-electron chi connectivity index (χ1n) is 7.98. The highest BCUT2D eigenvalue weighted by molar-refractivity contribution is 6.31. The molecule has 3 aromatic rings. The van der Waals surface area contributed by atoms with Crippen LogP contribution in [0.1, 0.15) is 18.5 Å². The van der Waals surface area contributed by atoms with Gasteiger partial charge in [0, 0.05) is 27.6 Å². The molecule has 0 bridgehead atoms. The van der Waals surface area contributed by atoms with Crippen LogP contribution in [-0.2, 0) is 6.54 Å². The number of benzene rings is 1. The third-order valence-corrected chi connectivity index (χ3v) is 4.61. The van der Waals surface area contributed by atoms with Crippen LogP contribution in [0.3, 0.4) is 0 Å². The Morgan fingerprint density at radius 3 is 2.92 bits per heavy atom. The molecule has 1 unspecified atom stereocenters. The van der Waals surface area contributed by atoms with Crippen LogP contribution in [0.5, 0.6) is 5.88 Å². The lowest BCUT2D eigenvalue weighted by atomic mass is 10.1. The Labute approximate surface area is 148 Å². The SMILES string of the molecule is CC(Nc1ccc2n(c1=O)CCO2)c1cc2cc(Cl)ccc2[nH]c1=O. The van der Waals surface area contributed by atoms with Crippen LogP contribution in [0, 0.1) is 0 Å². The van der Waals surface area contributed by atoms with Gasteiger partial charge in [-0.25, -0.2) is 0 Å². The Morgan fingerprint density at radius 1 is 1.24 bits per heavy atom. The number of nitrogens with one attached hydrogen (secondary N) is 2. The third-order valence-electron chi connectivity index (χ3n) is 4.37. The zero-order valence-corrected chi connectivity index (χ0v) is 14.3. The minimum Gasteiger partial charge on any atom is -0.477 e. The molecule has 1 aliphatic rings. The van der Waals surface area contributed by atoms with E-state index in [9.17, 15) is 9.59 Å². The summed E-state index contributed by atoms with van der Waals surface area (Å²) in [5.74, 6) is 0.571. The van der Waals surface area contributed by atoms with E-state index in [2.05, 4.69) is 10.3 Å². The normalized spacial score (nSPS) is 14.2. The van der Waals surface area contributed by atoms with E-state index in [0.29, 0.717) is 35.3 Å². The number of ether oxygens (including phenoxy) is 1. The molecule has 0 spiro atoms. The minimum atomic E-state index is -0.346. The molecule has 0 saturated heterocycles. The van der Waals surface area contributed by atoms with Crippen LogP contribution in [0.15, 0.2) is 46.0 Å². The Balaban J connectivity index is 1.71. The summed E-state index contributed by atoms with van der Waals surface area (Å²) in [4.78, 5) is 27.7. The van der Waals surface area contributed by atoms with Crippen molar-refractivity contribution in [3.05, 3.63) is 67.7 Å². The second-order valence-corrected chi connectivity index (χ2v) is 6.48. The summed E-state index contributed by atoms with van der Waals surface area (Å²) in [6.07, 6.45) is 0. The molecule has 1 atom stereocenters. The summed E-state index contributed by atoms with van der Waals surface area (Å²) >= 11 is 6.03. The molecule has 0 aliphatic carbocycles. The summed E-state index contributed by atoms with van der Waals surface area (Å²) in [5, 5.41) is 4.58. The summed E-state index contributed by atoms with van der Waals surface area (Å²) in [6, 6.07) is 10.2. The second kappa shape index (κ2) is 5.97. The molecule has 2 aromatic heterocycles. The van der Waals surface area contributed by atoms with E-state index in [0.717, 1.165) is 10.9 Å². The monoisotopic (exact) mass is 357 g/mol. The third kappa shape index (κ3) is 2.78. The Hall–Kier alpha value is -2.73. The number of hydrogen-bond donors (Lipinski definition) is 2. The number of aromatic amines is 1. The zero-order chi connectivity index (χ0) is 17.6. The molecule has 1 aromatic carbocycles. The van der Waals surface area contributed by atoms with Crippen molar-refractivity contribution in [3.8, 4) is 5.88 Å². The standard InChI is InChI=1S/C18H16ClN3O3/c1-10(20-15-4-5-16-22(18(15)24)6-7-25-16)13-9-11-8-12(19)2-3-14(11)21-17(13)23/h2-5,8-10,20H,6-7H2,1H3,(H,21,23). The first-order chi connectivity index (χ1) is 12.0. The van der Waals surface area contributed by atoms with Crippen molar-refractivity contribution in [1.82, 2.24) is 9.55 Å². The van der Waals surface area contributed by atoms with Crippen molar-refractivity contribution in [2.24, 2.45) is 0 Å². The molecule has 2 N–H and O–H groups in total. The number of anilines is 1. The van der Waals surface area contributed by atoms with Gasteiger partial charge in [-0.1, -0.05) is 11.6 Å². The first-order valence-corrected chi connectivity index (χ1v) is 8.36. The van der Waals surface area contributed by atoms with Gasteiger partial charge in [0.2, 0.25) is 0 Å². The maximum Gasteiger partial charge on any atom is 0.276 e. The van der Waals surface area contributed by atoms with Gasteiger partial charge in [0.15, 0.2) is 5.88 Å². The summed E-state index contributed by atoms with van der Waals surface area (Å²) < 4.78 is 6.95. The molecule has 0 radical (unpaired) electrons. The average molecular weight is 358 g/mol. The van der Waals surface area contributed by atoms with E-state index in [4.69, 9.17) is 16.3 Å². The molecule has 0 saturated carbocycles. The summed E-state index contributed by atoms with van der Waals surface area (Å²) in [5.41, 5.74) is 1.35. The molecule has 128 valence electrons. The lowest BCUT2D eigenvalue weighted by Crippen LogP contribution is -2.25. The lowest BCUT2D eigenvalue weighted by molar-refractivity contribution is 0.357. The number of fused-ring (bicyclic) bond motifs is 2. The Bertz CT molecular complexity index is 1090. The molecule has 4 rings (SSSR count). The van der Waals surface area contributed by atoms with E-state index in [1.807, 2.05) is 6.92 Å². The zero-order valence-electron chi connectivity index (χ0n) is 13.5. The van der Waals surface area contributed by atoms with Gasteiger partial charge < -0.3 is 15.0 Å². The van der Waals surface area contributed by atoms with Crippen molar-refractivity contribution < 1.29 is 4.74 Å². The largest absolute Gasteiger partial charge is 0.477 e. The van der Waals surface area contributed by atoms with E-state index < -0.39 is 0 Å². The van der Waals surface area contributed by atoms with Crippen molar-refractivity contribution in [3.63, 3.8) is 0 Å². The Morgan fingerprint density at radius 2 is 2.08 bits per heavy atom. The van der Waals surface area contributed by atoms with Crippen molar-refractivity contribution in [2.75, 3.05) is 11.9 Å². The van der Waals surface area contributed by atoms with Gasteiger partial charge in [-0.2, -0.15) is 0 Å². The van der Waals surface area contributed by atoms with Gasteiger partial charge in [-0.3, -0.25) is 14.2 Å². The average Bonchev–Trinajstić information content (AvgIpc) is 3.06. The van der Waals surface area contributed by atoms with Gasteiger partial charge >= 0.3 is 0 Å². The summed E-state index contributed by atoms with van der Waals surface area (Å²) in [7, 11) is 0. The minimum absolute atomic E-state index is 0.151. The molecule has 25 heavy (non-hydrogen) atoms. The lowest BCUT2D eigenvalue weighted by Gasteiger charge is -2.16. The Kier molecular flexibility index (Phi) is 3.77. The number of halogens is 1. The number of hydrogen-bond acceptors (Lipinski definition) is 4. The van der Waals surface area contributed by atoms with Gasteiger partial charge in [0.05, 0.1) is 12.6 Å². The molecule has 3 heterocycles. The molecule has 6 nitrogen and oxygen atoms in total. The van der Waals surface area contributed by atoms with Crippen molar-refractivity contribution in [2.45, 2.75) is 19.5 Å². The fourth-order valence-corrected chi connectivity index (χ4v) is 3.26. The van der Waals surface area contributed by atoms with Gasteiger partial charge in [0.25, 0.3) is 11.1 Å². The van der Waals surface area contributed by atoms with Gasteiger partial charge in [-0.05, 0) is 37.3 Å². The smallest absolute Gasteiger partial charge is 0.276 e. The van der Waals surface area contributed by atoms with Crippen LogP contribution in [-0.4, -0.2) is 16.2 Å². The second-order valence-electron chi connectivity index (χ2n) is 6.04. The maximum absolute atomic E-state index is 12.5. The molecule has 0 fully saturated rings. The van der Waals surface area contributed by atoms with E-state index in [-0.39, 0.29) is 17.2 Å². The van der Waals surface area contributed by atoms with Crippen LogP contribution in [0.25, 0.3) is 10.9 Å². The molecular formula is C18H16ClN3O3. The van der Waals surface area contributed by atoms with Gasteiger partial charge in [0.1, 0.15) is 12.3 Å². The fourth-order valence-electron chi connectivity index (χ4n) is 3.08. The highest BCUT2D eigenvalue weighted by Crippen LogP contribution is 2.22. The number of H-pyrrole nitrogens is 1. The van der Waals surface area contributed by atoms with E-state index >= 15 is 0 Å². The van der Waals surface area contributed by atoms with E-state index in [1.54, 1.807) is 41.0 Å². The van der Waals surface area contributed by atoms with Crippen molar-refractivity contribution >= 4 is 28.2 Å². The topological polar surface area (TPSA) is 76.1 Å². The maximum atomic E-state index is 12.5. The number of pyridine rings is 2. The van der Waals surface area contributed by atoms with Gasteiger partial charge in [-0.15, -0.1) is 0 Å². The highest BCUT2D eigenvalue weighted by atomic mass is 35.5. The van der Waals surface area contributed by atoms with Crippen LogP contribution < -0.4 is 21.2 Å². The first kappa shape index (κ1) is 15.8. The highest BCUT2D eigenvalue weighted by Gasteiger charge is 2.18. The predicted molar refractivity (Wildman–Crippen MR) is 97.8 cm³/mol.